The number of rotatable bonds is 4. The van der Waals surface area contributed by atoms with E-state index in [9.17, 15) is 4.79 Å². The molecule has 0 aliphatic carbocycles. The Morgan fingerprint density at radius 2 is 1.79 bits per heavy atom. The van der Waals surface area contributed by atoms with E-state index in [4.69, 9.17) is 11.6 Å². The molecule has 1 unspecified atom stereocenters. The van der Waals surface area contributed by atoms with Crippen molar-refractivity contribution in [3.63, 3.8) is 0 Å². The maximum absolute atomic E-state index is 12.6. The lowest BCUT2D eigenvalue weighted by Crippen LogP contribution is -2.28. The average Bonchev–Trinajstić information content (AvgIpc) is 2.97. The number of carbonyl (C=O) groups is 1. The van der Waals surface area contributed by atoms with Crippen molar-refractivity contribution in [1.82, 2.24) is 15.1 Å². The van der Waals surface area contributed by atoms with Crippen LogP contribution in [0.15, 0.2) is 60.7 Å². The number of nitrogens with one attached hydrogen (secondary N) is 1. The molecule has 1 N–H and O–H groups in total. The van der Waals surface area contributed by atoms with Gasteiger partial charge in [0.1, 0.15) is 5.69 Å². The quantitative estimate of drug-likeness (QED) is 0.773. The number of aryl methyl sites for hydroxylation is 1. The summed E-state index contributed by atoms with van der Waals surface area (Å²) in [5, 5.41) is 8.03. The maximum atomic E-state index is 12.6. The van der Waals surface area contributed by atoms with Gasteiger partial charge in [-0.15, -0.1) is 0 Å². The molecule has 0 saturated heterocycles. The Balaban J connectivity index is 1.82. The molecule has 4 nitrogen and oxygen atoms in total. The van der Waals surface area contributed by atoms with Crippen molar-refractivity contribution in [2.24, 2.45) is 7.05 Å². The minimum absolute atomic E-state index is 0.0858. The Hall–Kier alpha value is -2.59. The van der Waals surface area contributed by atoms with Gasteiger partial charge in [-0.25, -0.2) is 0 Å². The Morgan fingerprint density at radius 3 is 2.50 bits per heavy atom. The molecule has 1 atom stereocenters. The van der Waals surface area contributed by atoms with Crippen molar-refractivity contribution >= 4 is 17.5 Å². The van der Waals surface area contributed by atoms with Crippen LogP contribution in [0.2, 0.25) is 5.02 Å². The highest BCUT2D eigenvalue weighted by Crippen LogP contribution is 2.27. The van der Waals surface area contributed by atoms with Gasteiger partial charge in [0.25, 0.3) is 5.91 Å². The summed E-state index contributed by atoms with van der Waals surface area (Å²) in [7, 11) is 1.75. The van der Waals surface area contributed by atoms with E-state index in [1.165, 1.54) is 0 Å². The van der Waals surface area contributed by atoms with E-state index in [1.807, 2.05) is 61.5 Å². The lowest BCUT2D eigenvalue weighted by Gasteiger charge is -2.14. The van der Waals surface area contributed by atoms with E-state index in [-0.39, 0.29) is 11.9 Å². The van der Waals surface area contributed by atoms with E-state index in [0.717, 1.165) is 11.1 Å². The molecule has 0 aliphatic rings. The third-order valence-electron chi connectivity index (χ3n) is 3.91. The van der Waals surface area contributed by atoms with Crippen molar-refractivity contribution < 1.29 is 4.79 Å². The summed E-state index contributed by atoms with van der Waals surface area (Å²) in [6.07, 6.45) is 0. The number of amides is 1. The van der Waals surface area contributed by atoms with Crippen molar-refractivity contribution in [2.75, 3.05) is 0 Å². The molecule has 3 rings (SSSR count). The molecule has 122 valence electrons. The summed E-state index contributed by atoms with van der Waals surface area (Å²) in [5.41, 5.74) is 3.04. The molecular weight excluding hydrogens is 322 g/mol. The molecule has 0 bridgehead atoms. The van der Waals surface area contributed by atoms with Crippen LogP contribution in [-0.4, -0.2) is 15.7 Å². The summed E-state index contributed by atoms with van der Waals surface area (Å²) < 4.78 is 1.58. The molecule has 1 amide bonds. The van der Waals surface area contributed by atoms with E-state index in [0.29, 0.717) is 16.4 Å². The van der Waals surface area contributed by atoms with Gasteiger partial charge in [-0.1, -0.05) is 60.1 Å². The molecule has 0 saturated carbocycles. The fourth-order valence-electron chi connectivity index (χ4n) is 2.58. The van der Waals surface area contributed by atoms with Gasteiger partial charge in [-0.3, -0.25) is 9.48 Å². The molecule has 5 heteroatoms. The summed E-state index contributed by atoms with van der Waals surface area (Å²) in [6.45, 7) is 1.96. The number of hydrogen-bond acceptors (Lipinski definition) is 2. The van der Waals surface area contributed by atoms with Crippen LogP contribution in [-0.2, 0) is 7.05 Å². The van der Waals surface area contributed by atoms with E-state index < -0.39 is 0 Å². The third-order valence-corrected chi connectivity index (χ3v) is 4.24. The number of carbonyl (C=O) groups excluding carboxylic acids is 1. The van der Waals surface area contributed by atoms with Crippen LogP contribution in [0.4, 0.5) is 0 Å². The van der Waals surface area contributed by atoms with Gasteiger partial charge in [0.05, 0.1) is 16.8 Å². The second-order valence-corrected chi connectivity index (χ2v) is 6.03. The predicted molar refractivity (Wildman–Crippen MR) is 96.0 cm³/mol. The van der Waals surface area contributed by atoms with E-state index >= 15 is 0 Å². The van der Waals surface area contributed by atoms with Gasteiger partial charge < -0.3 is 5.32 Å². The zero-order valence-corrected chi connectivity index (χ0v) is 14.3. The fourth-order valence-corrected chi connectivity index (χ4v) is 2.81. The van der Waals surface area contributed by atoms with Crippen LogP contribution in [0.5, 0.6) is 0 Å². The van der Waals surface area contributed by atoms with Gasteiger partial charge in [0.2, 0.25) is 0 Å². The Kier molecular flexibility index (Phi) is 4.67. The van der Waals surface area contributed by atoms with Gasteiger partial charge in [-0.2, -0.15) is 5.10 Å². The molecule has 1 heterocycles. The normalized spacial score (nSPS) is 12.0. The van der Waals surface area contributed by atoms with Crippen molar-refractivity contribution in [3.05, 3.63) is 76.9 Å². The Morgan fingerprint density at radius 1 is 1.12 bits per heavy atom. The molecular formula is C19H18ClN3O. The van der Waals surface area contributed by atoms with Gasteiger partial charge in [-0.05, 0) is 24.6 Å². The fraction of sp³-hybridized carbons (Fsp3) is 0.158. The summed E-state index contributed by atoms with van der Waals surface area (Å²) in [6, 6.07) is 19.0. The van der Waals surface area contributed by atoms with Crippen LogP contribution < -0.4 is 5.32 Å². The zero-order valence-electron chi connectivity index (χ0n) is 13.5. The summed E-state index contributed by atoms with van der Waals surface area (Å²) in [5.74, 6) is -0.167. The minimum atomic E-state index is -0.167. The lowest BCUT2D eigenvalue weighted by molar-refractivity contribution is 0.0930. The molecule has 0 radical (unpaired) electrons. The van der Waals surface area contributed by atoms with Crippen LogP contribution in [0.25, 0.3) is 11.3 Å². The second-order valence-electron chi connectivity index (χ2n) is 5.62. The highest BCUT2D eigenvalue weighted by molar-refractivity contribution is 6.33. The Bertz CT molecular complexity index is 858. The number of nitrogens with zero attached hydrogens (tertiary/aromatic N) is 2. The predicted octanol–water partition coefficient (Wildman–Crippen LogP) is 4.23. The second kappa shape index (κ2) is 6.89. The maximum Gasteiger partial charge on any atom is 0.270 e. The van der Waals surface area contributed by atoms with Crippen LogP contribution >= 0.6 is 11.6 Å². The topological polar surface area (TPSA) is 46.9 Å². The van der Waals surface area contributed by atoms with Gasteiger partial charge in [0.15, 0.2) is 0 Å². The minimum Gasteiger partial charge on any atom is -0.344 e. The molecule has 0 spiro atoms. The summed E-state index contributed by atoms with van der Waals surface area (Å²) in [4.78, 5) is 12.6. The molecule has 24 heavy (non-hydrogen) atoms. The highest BCUT2D eigenvalue weighted by Gasteiger charge is 2.17. The van der Waals surface area contributed by atoms with E-state index in [1.54, 1.807) is 17.8 Å². The molecule has 0 aliphatic heterocycles. The van der Waals surface area contributed by atoms with Crippen LogP contribution in [0.3, 0.4) is 0 Å². The lowest BCUT2D eigenvalue weighted by atomic mass is 10.1. The first-order chi connectivity index (χ1) is 11.6. The standard InChI is InChI=1S/C19H18ClN3O/c1-13(14-8-4-3-5-9-14)21-19(24)18-12-17(22-23(18)2)15-10-6-7-11-16(15)20/h3-13H,1-2H3,(H,21,24). The average molecular weight is 340 g/mol. The number of benzene rings is 2. The van der Waals surface area contributed by atoms with Gasteiger partial charge >= 0.3 is 0 Å². The van der Waals surface area contributed by atoms with Crippen molar-refractivity contribution in [1.29, 1.82) is 0 Å². The third kappa shape index (κ3) is 3.34. The first-order valence-corrected chi connectivity index (χ1v) is 8.09. The molecule has 3 aromatic rings. The van der Waals surface area contributed by atoms with E-state index in [2.05, 4.69) is 10.4 Å². The largest absolute Gasteiger partial charge is 0.344 e. The van der Waals surface area contributed by atoms with Crippen molar-refractivity contribution in [3.8, 4) is 11.3 Å². The number of halogens is 1. The molecule has 1 aromatic heterocycles. The smallest absolute Gasteiger partial charge is 0.270 e. The van der Waals surface area contributed by atoms with Crippen LogP contribution in [0.1, 0.15) is 29.0 Å². The van der Waals surface area contributed by atoms with Crippen molar-refractivity contribution in [2.45, 2.75) is 13.0 Å². The van der Waals surface area contributed by atoms with Crippen LogP contribution in [0, 0.1) is 0 Å². The molecule has 0 fully saturated rings. The first kappa shape index (κ1) is 16.3. The Labute approximate surface area is 146 Å². The number of aromatic nitrogens is 2. The molecule has 2 aromatic carbocycles. The zero-order chi connectivity index (χ0) is 17.1. The first-order valence-electron chi connectivity index (χ1n) is 7.71. The summed E-state index contributed by atoms with van der Waals surface area (Å²) >= 11 is 6.21. The highest BCUT2D eigenvalue weighted by atomic mass is 35.5. The monoisotopic (exact) mass is 339 g/mol. The van der Waals surface area contributed by atoms with Gasteiger partial charge in [0, 0.05) is 12.6 Å². The SMILES string of the molecule is CC(NC(=O)c1cc(-c2ccccc2Cl)nn1C)c1ccccc1. The number of hydrogen-bond donors (Lipinski definition) is 1.